The molecule has 13 heteroatoms. The summed E-state index contributed by atoms with van der Waals surface area (Å²) in [7, 11) is 1.48. The van der Waals surface area contributed by atoms with Crippen molar-refractivity contribution in [2.45, 2.75) is 516 Å². The van der Waals surface area contributed by atoms with Crippen LogP contribution in [0.15, 0.2) is 0 Å². The molecule has 0 aromatic rings. The van der Waals surface area contributed by atoms with Crippen LogP contribution < -0.4 is 0 Å². The summed E-state index contributed by atoms with van der Waals surface area (Å²) in [6, 6.07) is 0. The normalized spacial score (nSPS) is 15.0. The van der Waals surface area contributed by atoms with E-state index in [4.69, 9.17) is 14.2 Å². The first kappa shape index (κ1) is 111. The van der Waals surface area contributed by atoms with E-state index in [1.807, 2.05) is 11.8 Å². The van der Waals surface area contributed by atoms with Gasteiger partial charge in [-0.05, 0) is 187 Å². The number of likely N-dealkylation sites (tertiary alicyclic amines) is 2. The third-order valence-electron chi connectivity index (χ3n) is 26.6. The first-order chi connectivity index (χ1) is 57.5. The molecule has 2 aliphatic rings. The molecular weight excluding hydrogens is 1450 g/mol. The highest BCUT2D eigenvalue weighted by atomic mass is 16.6. The molecule has 3 unspecified atom stereocenters. The maximum atomic E-state index is 14.5. The van der Waals surface area contributed by atoms with Gasteiger partial charge in [0.15, 0.2) is 0 Å². The van der Waals surface area contributed by atoms with Gasteiger partial charge in [-0.15, -0.1) is 0 Å². The standard InChI is InChI=1S/C104H204N6O7/c1-8-13-18-23-28-30-32-34-40-49-57-64-81-105(90-79-99-75-71-88-109(95-99)101(111)97-108(87-70-61-48-27-22-17-12-5)93-92-107(85-68-55-46-25-20-15-10-3)86-69-56-47-26-21-16-11-4)82-65-59-52-43-37-39-45-54-63-78-103(113)117-98(6)74-73-94-116-104(114)110-89-72-76-100(96-110)80-91-106(83-66-58-50-41-35-33-31-29-24-19-14-9-2)84-67-60-51-42-36-38-44-53-62-77-102(112)115-7/h98-100H,8-97H2,1-7H3. The van der Waals surface area contributed by atoms with Crippen LogP contribution in [0.1, 0.15) is 510 Å². The zero-order chi connectivity index (χ0) is 84.3. The van der Waals surface area contributed by atoms with Crippen molar-refractivity contribution in [1.29, 1.82) is 0 Å². The fourth-order valence-corrected chi connectivity index (χ4v) is 18.6. The molecule has 2 rings (SSSR count). The van der Waals surface area contributed by atoms with Gasteiger partial charge in [-0.1, -0.05) is 381 Å². The summed E-state index contributed by atoms with van der Waals surface area (Å²) < 4.78 is 16.5. The highest BCUT2D eigenvalue weighted by Crippen LogP contribution is 2.26. The monoisotopic (exact) mass is 1650 g/mol. The number of methoxy groups -OCH3 is 1. The molecule has 2 heterocycles. The molecule has 0 saturated carbocycles. The molecule has 0 aliphatic carbocycles. The number of ether oxygens (including phenoxy) is 3. The molecule has 0 spiro atoms. The fraction of sp³-hybridized carbons (Fsp3) is 0.962. The van der Waals surface area contributed by atoms with Gasteiger partial charge in [-0.25, -0.2) is 4.79 Å². The van der Waals surface area contributed by atoms with Crippen LogP contribution >= 0.6 is 0 Å². The zero-order valence-electron chi connectivity index (χ0n) is 79.9. The second-order valence-corrected chi connectivity index (χ2v) is 37.8. The van der Waals surface area contributed by atoms with E-state index in [-0.39, 0.29) is 24.1 Å². The summed E-state index contributed by atoms with van der Waals surface area (Å²) in [5.41, 5.74) is 0. The van der Waals surface area contributed by atoms with Crippen molar-refractivity contribution in [3.63, 3.8) is 0 Å². The first-order valence-electron chi connectivity index (χ1n) is 52.9. The third-order valence-corrected chi connectivity index (χ3v) is 26.6. The predicted molar refractivity (Wildman–Crippen MR) is 505 cm³/mol. The molecule has 13 nitrogen and oxygen atoms in total. The van der Waals surface area contributed by atoms with Crippen molar-refractivity contribution in [1.82, 2.24) is 29.4 Å². The van der Waals surface area contributed by atoms with Crippen molar-refractivity contribution in [2.24, 2.45) is 11.8 Å². The molecule has 2 amide bonds. The lowest BCUT2D eigenvalue weighted by Gasteiger charge is -2.36. The Bertz CT molecular complexity index is 2100. The highest BCUT2D eigenvalue weighted by Gasteiger charge is 2.28. The molecule has 3 atom stereocenters. The third kappa shape index (κ3) is 71.5. The Morgan fingerprint density at radius 2 is 0.573 bits per heavy atom. The number of amides is 2. The summed E-state index contributed by atoms with van der Waals surface area (Å²) in [5, 5.41) is 0. The van der Waals surface area contributed by atoms with Gasteiger partial charge >= 0.3 is 18.0 Å². The van der Waals surface area contributed by atoms with Gasteiger partial charge in [-0.3, -0.25) is 19.3 Å². The zero-order valence-corrected chi connectivity index (χ0v) is 79.9. The minimum absolute atomic E-state index is 0.0857. The van der Waals surface area contributed by atoms with E-state index in [0.717, 1.165) is 97.3 Å². The van der Waals surface area contributed by atoms with E-state index >= 15 is 0 Å². The first-order valence-corrected chi connectivity index (χ1v) is 52.9. The van der Waals surface area contributed by atoms with Crippen molar-refractivity contribution in [3.8, 4) is 0 Å². The summed E-state index contributed by atoms with van der Waals surface area (Å²) >= 11 is 0. The van der Waals surface area contributed by atoms with Crippen LogP contribution in [0.3, 0.4) is 0 Å². The Morgan fingerprint density at radius 3 is 0.897 bits per heavy atom. The Kier molecular flexibility index (Phi) is 81.0. The average molecular weight is 1650 g/mol. The summed E-state index contributed by atoms with van der Waals surface area (Å²) in [6.07, 6.45) is 92.6. The van der Waals surface area contributed by atoms with Crippen LogP contribution in [0.4, 0.5) is 4.79 Å². The lowest BCUT2D eigenvalue weighted by Crippen LogP contribution is -2.47. The van der Waals surface area contributed by atoms with Gasteiger partial charge < -0.3 is 38.7 Å². The predicted octanol–water partition coefficient (Wildman–Crippen LogP) is 29.4. The highest BCUT2D eigenvalue weighted by molar-refractivity contribution is 5.78. The summed E-state index contributed by atoms with van der Waals surface area (Å²) in [6.45, 7) is 30.8. The van der Waals surface area contributed by atoms with E-state index in [1.54, 1.807) is 0 Å². The molecule has 0 radical (unpaired) electrons. The van der Waals surface area contributed by atoms with Crippen LogP contribution in [-0.4, -0.2) is 178 Å². The number of nitrogens with zero attached hydrogens (tertiary/aromatic N) is 6. The molecule has 0 aromatic heterocycles. The molecular formula is C104H204N6O7. The molecule has 117 heavy (non-hydrogen) atoms. The lowest BCUT2D eigenvalue weighted by molar-refractivity contribution is -0.148. The molecule has 0 N–H and O–H groups in total. The minimum atomic E-state index is -0.178. The summed E-state index contributed by atoms with van der Waals surface area (Å²) in [4.78, 5) is 67.5. The molecule has 0 aromatic carbocycles. The second kappa shape index (κ2) is 85.7. The van der Waals surface area contributed by atoms with E-state index in [0.29, 0.717) is 56.6 Å². The van der Waals surface area contributed by atoms with Gasteiger partial charge in [0.25, 0.3) is 0 Å². The van der Waals surface area contributed by atoms with E-state index in [9.17, 15) is 19.2 Å². The number of rotatable bonds is 90. The van der Waals surface area contributed by atoms with Crippen LogP contribution in [0, 0.1) is 11.8 Å². The number of esters is 2. The van der Waals surface area contributed by atoms with E-state index in [2.05, 4.69) is 59.1 Å². The number of carbonyl (C=O) groups excluding carboxylic acids is 4. The molecule has 2 saturated heterocycles. The van der Waals surface area contributed by atoms with Gasteiger partial charge in [0.2, 0.25) is 5.91 Å². The number of piperidine rings is 2. The fourth-order valence-electron chi connectivity index (χ4n) is 18.6. The number of hydrogen-bond donors (Lipinski definition) is 0. The van der Waals surface area contributed by atoms with Crippen molar-refractivity contribution in [3.05, 3.63) is 0 Å². The second-order valence-electron chi connectivity index (χ2n) is 37.8. The van der Waals surface area contributed by atoms with Crippen molar-refractivity contribution in [2.75, 3.05) is 118 Å². The van der Waals surface area contributed by atoms with Crippen LogP contribution in [0.5, 0.6) is 0 Å². The Balaban J connectivity index is 1.79. The lowest BCUT2D eigenvalue weighted by atomic mass is 9.94. The van der Waals surface area contributed by atoms with Gasteiger partial charge in [0, 0.05) is 52.1 Å². The number of hydrogen-bond acceptors (Lipinski definition) is 11. The maximum absolute atomic E-state index is 14.5. The maximum Gasteiger partial charge on any atom is 0.409 e. The van der Waals surface area contributed by atoms with Gasteiger partial charge in [0.05, 0.1) is 26.4 Å². The minimum Gasteiger partial charge on any atom is -0.469 e. The Morgan fingerprint density at radius 1 is 0.308 bits per heavy atom. The van der Waals surface area contributed by atoms with Gasteiger partial charge in [0.1, 0.15) is 0 Å². The van der Waals surface area contributed by atoms with Gasteiger partial charge in [-0.2, -0.15) is 0 Å². The van der Waals surface area contributed by atoms with Crippen LogP contribution in [-0.2, 0) is 28.6 Å². The van der Waals surface area contributed by atoms with Crippen molar-refractivity contribution >= 4 is 23.9 Å². The summed E-state index contributed by atoms with van der Waals surface area (Å²) in [5.74, 6) is 1.34. The average Bonchev–Trinajstić information content (AvgIpc) is 0.854. The SMILES string of the molecule is CCCCCCCCCCCCCCN(CCCCCCCCCCCC(=O)OC(C)CCCOC(=O)N1CCCC(CCN(CCCCCCCCCCCCCC)CCCCCCCCCCCC(=O)OC)C1)CCC1CCCN(C(=O)CN(CCCCCCCCC)CCN(CCCCCCCCC)CCCCCCCCC)C1. The quantitative estimate of drug-likeness (QED) is 0.0329. The molecule has 2 fully saturated rings. The molecule has 692 valence electrons. The smallest absolute Gasteiger partial charge is 0.409 e. The number of unbranched alkanes of at least 4 members (excludes halogenated alkanes) is 56. The van der Waals surface area contributed by atoms with E-state index in [1.165, 1.54) is 451 Å². The van der Waals surface area contributed by atoms with Crippen LogP contribution in [0.25, 0.3) is 0 Å². The Hall–Kier alpha value is -2.48. The molecule has 0 bridgehead atoms. The largest absolute Gasteiger partial charge is 0.469 e. The van der Waals surface area contributed by atoms with Crippen LogP contribution in [0.2, 0.25) is 0 Å². The topological polar surface area (TPSA) is 115 Å². The Labute approximate surface area is 729 Å². The number of carbonyl (C=O) groups is 4. The molecule has 2 aliphatic heterocycles. The van der Waals surface area contributed by atoms with E-state index < -0.39 is 0 Å². The van der Waals surface area contributed by atoms with Crippen molar-refractivity contribution < 1.29 is 33.4 Å².